The second kappa shape index (κ2) is 11.6. The topological polar surface area (TPSA) is 62.2 Å². The number of carbonyl (C=O) groups excluding carboxylic acids is 1. The number of aromatic hydroxyl groups is 1. The first-order valence-corrected chi connectivity index (χ1v) is 18.5. The fraction of sp³-hybridized carbons (Fsp3) is 0.769. The van der Waals surface area contributed by atoms with Gasteiger partial charge < -0.3 is 19.5 Å². The third-order valence-corrected chi connectivity index (χ3v) is 14.6. The molecule has 0 spiro atoms. The Morgan fingerprint density at radius 1 is 0.956 bits per heavy atom. The number of hydrogen-bond donors (Lipinski definition) is 1. The maximum absolute atomic E-state index is 13.3. The zero-order valence-corrected chi connectivity index (χ0v) is 27.8. The minimum atomic E-state index is -0.0968. The summed E-state index contributed by atoms with van der Waals surface area (Å²) in [6.07, 6.45) is 15.8. The number of amides is 1. The Bertz CT molecular complexity index is 1270. The fourth-order valence-corrected chi connectivity index (χ4v) is 12.5. The van der Waals surface area contributed by atoms with Crippen LogP contribution >= 0.6 is 0 Å². The molecule has 5 aliphatic carbocycles. The quantitative estimate of drug-likeness (QED) is 0.351. The zero-order chi connectivity index (χ0) is 30.9. The van der Waals surface area contributed by atoms with E-state index in [1.54, 1.807) is 12.1 Å². The molecule has 0 radical (unpaired) electrons. The molecule has 6 nitrogen and oxygen atoms in total. The molecule has 1 aromatic carbocycles. The molecular formula is C39H56N2O4. The monoisotopic (exact) mass is 616 g/mol. The SMILES string of the molecule is C=C1CCC2(C)C(C1)OC1CC3C4CC[C@H]5C[C@@H](OC(=O)N6CCN(Cc7ccc(O)cc7)CC6)CC[C@H](C5)C4CC[C@]3(C)C12. The van der Waals surface area contributed by atoms with Gasteiger partial charge in [-0.25, -0.2) is 4.79 Å². The Morgan fingerprint density at radius 3 is 2.56 bits per heavy atom. The number of fused-ring (bicyclic) bond motifs is 10. The molecule has 7 fully saturated rings. The van der Waals surface area contributed by atoms with Crippen LogP contribution in [0.25, 0.3) is 0 Å². The lowest BCUT2D eigenvalue weighted by Crippen LogP contribution is -2.49. The first-order valence-electron chi connectivity index (χ1n) is 18.5. The molecule has 1 N–H and O–H groups in total. The van der Waals surface area contributed by atoms with Gasteiger partial charge in [0.1, 0.15) is 11.9 Å². The van der Waals surface area contributed by atoms with E-state index in [1.165, 1.54) is 68.9 Å². The van der Waals surface area contributed by atoms with Crippen molar-refractivity contribution in [3.8, 4) is 5.75 Å². The van der Waals surface area contributed by atoms with Gasteiger partial charge in [-0.1, -0.05) is 44.6 Å². The standard InChI is InChI=1S/C39H56N2O4/c1-25-12-14-39(3)35(20-25)45-34-23-33-32-11-6-27-21-28(31(32)13-15-38(33,2)36(34)39)7-10-30(22-27)44-37(43)41-18-16-40(17-19-41)24-26-4-8-29(42)9-5-26/h4-5,8-9,27-28,30-36,42H,1,6-7,10-24H2,2-3H3/t27-,28-,30+,31?,32?,33?,34?,35?,36?,38+,39?/m1/s1. The van der Waals surface area contributed by atoms with E-state index in [1.807, 2.05) is 17.0 Å². The molecule has 2 bridgehead atoms. The van der Waals surface area contributed by atoms with Crippen molar-refractivity contribution in [2.24, 2.45) is 46.3 Å². The number of carbonyl (C=O) groups is 1. The van der Waals surface area contributed by atoms with E-state index in [0.29, 0.717) is 34.7 Å². The first kappa shape index (κ1) is 30.3. The van der Waals surface area contributed by atoms with Gasteiger partial charge in [0.05, 0.1) is 12.2 Å². The van der Waals surface area contributed by atoms with E-state index in [2.05, 4.69) is 25.3 Å². The molecule has 2 aliphatic heterocycles. The van der Waals surface area contributed by atoms with E-state index in [4.69, 9.17) is 9.47 Å². The van der Waals surface area contributed by atoms with Crippen LogP contribution in [-0.2, 0) is 16.0 Å². The van der Waals surface area contributed by atoms with Gasteiger partial charge in [-0.2, -0.15) is 0 Å². The van der Waals surface area contributed by atoms with E-state index in [9.17, 15) is 9.90 Å². The molecule has 8 rings (SSSR count). The summed E-state index contributed by atoms with van der Waals surface area (Å²) in [6, 6.07) is 7.45. The van der Waals surface area contributed by atoms with Gasteiger partial charge in [-0.05, 0) is 129 Å². The van der Waals surface area contributed by atoms with Crippen molar-refractivity contribution in [2.45, 2.75) is 116 Å². The van der Waals surface area contributed by atoms with Crippen LogP contribution in [0.2, 0.25) is 0 Å². The van der Waals surface area contributed by atoms with Crippen LogP contribution in [0.5, 0.6) is 5.75 Å². The Labute approximate surface area is 270 Å². The van der Waals surface area contributed by atoms with Gasteiger partial charge in [0, 0.05) is 38.1 Å². The lowest BCUT2D eigenvalue weighted by atomic mass is 9.50. The zero-order valence-electron chi connectivity index (χ0n) is 27.8. The maximum atomic E-state index is 13.3. The second-order valence-corrected chi connectivity index (χ2v) is 17.0. The molecule has 2 saturated heterocycles. The Kier molecular flexibility index (Phi) is 7.79. The lowest BCUT2D eigenvalue weighted by Gasteiger charge is -2.54. The predicted molar refractivity (Wildman–Crippen MR) is 176 cm³/mol. The predicted octanol–water partition coefficient (Wildman–Crippen LogP) is 7.80. The highest BCUT2D eigenvalue weighted by molar-refractivity contribution is 5.68. The molecule has 5 saturated carbocycles. The number of nitrogens with zero attached hydrogens (tertiary/aromatic N) is 2. The molecule has 11 atom stereocenters. The van der Waals surface area contributed by atoms with Crippen molar-refractivity contribution >= 4 is 6.09 Å². The van der Waals surface area contributed by atoms with Crippen molar-refractivity contribution in [1.29, 1.82) is 0 Å². The highest BCUT2D eigenvalue weighted by atomic mass is 16.6. The van der Waals surface area contributed by atoms with Crippen LogP contribution in [0.4, 0.5) is 4.79 Å². The van der Waals surface area contributed by atoms with Crippen LogP contribution in [0.1, 0.15) is 96.5 Å². The van der Waals surface area contributed by atoms with Crippen LogP contribution in [0.3, 0.4) is 0 Å². The number of phenols is 1. The summed E-state index contributed by atoms with van der Waals surface area (Å²) < 4.78 is 13.2. The van der Waals surface area contributed by atoms with Crippen molar-refractivity contribution in [3.63, 3.8) is 0 Å². The van der Waals surface area contributed by atoms with Crippen molar-refractivity contribution in [2.75, 3.05) is 26.2 Å². The summed E-state index contributed by atoms with van der Waals surface area (Å²) >= 11 is 0. The summed E-state index contributed by atoms with van der Waals surface area (Å²) in [7, 11) is 0. The minimum absolute atomic E-state index is 0.0742. The third kappa shape index (κ3) is 5.34. The van der Waals surface area contributed by atoms with Crippen molar-refractivity contribution in [1.82, 2.24) is 9.80 Å². The van der Waals surface area contributed by atoms with Gasteiger partial charge in [0.2, 0.25) is 0 Å². The summed E-state index contributed by atoms with van der Waals surface area (Å²) in [5.41, 5.74) is 3.35. The van der Waals surface area contributed by atoms with E-state index < -0.39 is 0 Å². The average Bonchev–Trinajstić information content (AvgIpc) is 3.30. The van der Waals surface area contributed by atoms with Crippen LogP contribution in [0, 0.1) is 46.3 Å². The largest absolute Gasteiger partial charge is 0.508 e. The summed E-state index contributed by atoms with van der Waals surface area (Å²) in [4.78, 5) is 17.6. The van der Waals surface area contributed by atoms with Gasteiger partial charge in [-0.3, -0.25) is 4.90 Å². The molecular weight excluding hydrogens is 560 g/mol. The van der Waals surface area contributed by atoms with Gasteiger partial charge in [0.25, 0.3) is 0 Å². The number of rotatable bonds is 3. The third-order valence-electron chi connectivity index (χ3n) is 14.6. The van der Waals surface area contributed by atoms with E-state index in [-0.39, 0.29) is 12.2 Å². The molecule has 1 amide bonds. The van der Waals surface area contributed by atoms with Crippen molar-refractivity contribution in [3.05, 3.63) is 42.0 Å². The van der Waals surface area contributed by atoms with Crippen LogP contribution in [0.15, 0.2) is 36.4 Å². The van der Waals surface area contributed by atoms with Crippen LogP contribution < -0.4 is 0 Å². The Hall–Kier alpha value is -2.05. The number of benzene rings is 1. The maximum Gasteiger partial charge on any atom is 0.410 e. The molecule has 45 heavy (non-hydrogen) atoms. The Balaban J connectivity index is 0.870. The Morgan fingerprint density at radius 2 is 1.76 bits per heavy atom. The highest BCUT2D eigenvalue weighted by Gasteiger charge is 2.68. The molecule has 7 aliphatic rings. The normalized spacial score (nSPS) is 44.6. The average molecular weight is 617 g/mol. The summed E-state index contributed by atoms with van der Waals surface area (Å²) in [6.45, 7) is 13.6. The van der Waals surface area contributed by atoms with Crippen molar-refractivity contribution < 1.29 is 19.4 Å². The number of piperazine rings is 1. The molecule has 6 heteroatoms. The molecule has 7 unspecified atom stereocenters. The van der Waals surface area contributed by atoms with Gasteiger partial charge in [0.15, 0.2) is 0 Å². The lowest BCUT2D eigenvalue weighted by molar-refractivity contribution is -0.0613. The van der Waals surface area contributed by atoms with Gasteiger partial charge >= 0.3 is 6.09 Å². The number of phenolic OH excluding ortho intramolecular Hbond substituents is 1. The second-order valence-electron chi connectivity index (χ2n) is 17.0. The van der Waals surface area contributed by atoms with E-state index in [0.717, 1.165) is 81.6 Å². The molecule has 2 heterocycles. The summed E-state index contributed by atoms with van der Waals surface area (Å²) in [5.74, 6) is 5.02. The fourth-order valence-electron chi connectivity index (χ4n) is 12.5. The van der Waals surface area contributed by atoms with Gasteiger partial charge in [-0.15, -0.1) is 0 Å². The minimum Gasteiger partial charge on any atom is -0.508 e. The molecule has 1 aromatic rings. The molecule has 246 valence electrons. The number of hydrogen-bond acceptors (Lipinski definition) is 5. The summed E-state index contributed by atoms with van der Waals surface area (Å²) in [5, 5.41) is 9.56. The highest BCUT2D eigenvalue weighted by Crippen LogP contribution is 2.71. The first-order chi connectivity index (χ1) is 21.7. The number of ether oxygens (including phenoxy) is 2. The van der Waals surface area contributed by atoms with E-state index >= 15 is 0 Å². The smallest absolute Gasteiger partial charge is 0.410 e. The van der Waals surface area contributed by atoms with Crippen LogP contribution in [-0.4, -0.2) is 65.5 Å². The molecule has 0 aromatic heterocycles.